The number of aliphatic hydroxyl groups excluding tert-OH is 5. The van der Waals surface area contributed by atoms with E-state index in [0.717, 1.165) is 51.4 Å². The molecule has 0 saturated carbocycles. The van der Waals surface area contributed by atoms with Crippen molar-refractivity contribution in [2.45, 2.75) is 307 Å². The molecule has 1 heterocycles. The number of hydrogen-bond acceptors (Lipinski definition) is 8. The van der Waals surface area contributed by atoms with Crippen LogP contribution < -0.4 is 5.32 Å². The molecule has 0 spiro atoms. The van der Waals surface area contributed by atoms with Gasteiger partial charge in [0.25, 0.3) is 0 Å². The second-order valence-corrected chi connectivity index (χ2v) is 19.7. The van der Waals surface area contributed by atoms with E-state index < -0.39 is 49.5 Å². The molecule has 0 aromatic heterocycles. The van der Waals surface area contributed by atoms with Gasteiger partial charge < -0.3 is 40.3 Å². The lowest BCUT2D eigenvalue weighted by Crippen LogP contribution is -2.60. The first kappa shape index (κ1) is 62.4. The van der Waals surface area contributed by atoms with Gasteiger partial charge in [0.15, 0.2) is 6.29 Å². The fourth-order valence-electron chi connectivity index (χ4n) is 8.99. The van der Waals surface area contributed by atoms with E-state index >= 15 is 0 Å². The summed E-state index contributed by atoms with van der Waals surface area (Å²) in [6.07, 6.45) is 53.9. The van der Waals surface area contributed by atoms with Gasteiger partial charge >= 0.3 is 0 Å². The van der Waals surface area contributed by atoms with Crippen LogP contribution in [-0.4, -0.2) is 87.5 Å². The van der Waals surface area contributed by atoms with Crippen LogP contribution in [0.2, 0.25) is 0 Å². The SMILES string of the molecule is CCCCCCC/C=C\C/C=C\C/C=C\CCCCCCCCCCCCCCCCCCCCCCCCC(=O)NC(COC1OC(CO)C(O)C(O)C1O)C(O)CCCCCCCC. The third kappa shape index (κ3) is 36.4. The molecule has 1 rings (SSSR count). The lowest BCUT2D eigenvalue weighted by Gasteiger charge is -2.40. The molecule has 6 N–H and O–H groups in total. The third-order valence-electron chi connectivity index (χ3n) is 13.5. The quantitative estimate of drug-likeness (QED) is 0.0261. The van der Waals surface area contributed by atoms with Gasteiger partial charge in [0.05, 0.1) is 25.4 Å². The predicted molar refractivity (Wildman–Crippen MR) is 276 cm³/mol. The summed E-state index contributed by atoms with van der Waals surface area (Å²) in [7, 11) is 0. The van der Waals surface area contributed by atoms with E-state index in [-0.39, 0.29) is 12.5 Å². The first-order chi connectivity index (χ1) is 32.3. The van der Waals surface area contributed by atoms with Gasteiger partial charge in [-0.25, -0.2) is 0 Å². The molecule has 1 fully saturated rings. The number of carbonyl (C=O) groups excluding carboxylic acids is 1. The number of aliphatic hydroxyl groups is 5. The molecule has 0 aromatic rings. The minimum Gasteiger partial charge on any atom is -0.394 e. The third-order valence-corrected chi connectivity index (χ3v) is 13.5. The number of allylic oxidation sites excluding steroid dienone is 6. The molecule has 0 aliphatic carbocycles. The highest BCUT2D eigenvalue weighted by atomic mass is 16.7. The molecular formula is C57H107NO8. The Hall–Kier alpha value is -1.59. The van der Waals surface area contributed by atoms with Crippen molar-refractivity contribution in [2.75, 3.05) is 13.2 Å². The van der Waals surface area contributed by atoms with Gasteiger partial charge in [0.2, 0.25) is 5.91 Å². The number of rotatable bonds is 48. The van der Waals surface area contributed by atoms with E-state index in [1.165, 1.54) is 186 Å². The van der Waals surface area contributed by atoms with Crippen molar-refractivity contribution in [1.29, 1.82) is 0 Å². The van der Waals surface area contributed by atoms with Crippen molar-refractivity contribution >= 4 is 5.91 Å². The highest BCUT2D eigenvalue weighted by Crippen LogP contribution is 2.23. The molecule has 388 valence electrons. The van der Waals surface area contributed by atoms with Gasteiger partial charge in [-0.15, -0.1) is 0 Å². The Morgan fingerprint density at radius 1 is 0.515 bits per heavy atom. The summed E-state index contributed by atoms with van der Waals surface area (Å²) >= 11 is 0. The fraction of sp³-hybridized carbons (Fsp3) is 0.877. The molecule has 1 aliphatic rings. The van der Waals surface area contributed by atoms with E-state index in [2.05, 4.69) is 55.6 Å². The molecule has 1 amide bonds. The number of hydrogen-bond donors (Lipinski definition) is 6. The standard InChI is InChI=1S/C57H107NO8/c1-3-5-7-9-11-12-13-14-15-16-17-18-19-20-21-22-23-24-25-26-27-28-29-30-31-32-33-34-35-36-37-38-39-40-41-43-45-47-53(61)58-50(51(60)46-44-42-10-8-6-4-2)49-65-57-56(64)55(63)54(62)52(48-59)66-57/h13-14,16-17,19-20,50-52,54-57,59-60,62-64H,3-12,15,18,21-49H2,1-2H3,(H,58,61)/b14-13-,17-16-,20-19-. The van der Waals surface area contributed by atoms with Gasteiger partial charge in [0, 0.05) is 6.42 Å². The Kier molecular flexibility index (Phi) is 44.6. The topological polar surface area (TPSA) is 149 Å². The molecule has 0 radical (unpaired) electrons. The Morgan fingerprint density at radius 3 is 1.32 bits per heavy atom. The Bertz CT molecular complexity index is 1130. The minimum atomic E-state index is -1.55. The zero-order chi connectivity index (χ0) is 48.0. The second kappa shape index (κ2) is 47.1. The average molecular weight is 934 g/mol. The molecule has 1 aliphatic heterocycles. The van der Waals surface area contributed by atoms with Gasteiger partial charge in [-0.2, -0.15) is 0 Å². The molecule has 9 heteroatoms. The largest absolute Gasteiger partial charge is 0.394 e. The first-order valence-corrected chi connectivity index (χ1v) is 28.2. The lowest BCUT2D eigenvalue weighted by atomic mass is 9.99. The van der Waals surface area contributed by atoms with Crippen molar-refractivity contribution in [3.63, 3.8) is 0 Å². The van der Waals surface area contributed by atoms with Gasteiger partial charge in [-0.05, 0) is 51.4 Å². The fourth-order valence-corrected chi connectivity index (χ4v) is 8.99. The molecule has 66 heavy (non-hydrogen) atoms. The zero-order valence-corrected chi connectivity index (χ0v) is 43.0. The van der Waals surface area contributed by atoms with Crippen LogP contribution in [0.1, 0.15) is 264 Å². The molecule has 0 aromatic carbocycles. The van der Waals surface area contributed by atoms with E-state index in [0.29, 0.717) is 12.8 Å². The predicted octanol–water partition coefficient (Wildman–Crippen LogP) is 13.6. The van der Waals surface area contributed by atoms with Crippen molar-refractivity contribution in [3.8, 4) is 0 Å². The van der Waals surface area contributed by atoms with Gasteiger partial charge in [-0.3, -0.25) is 4.79 Å². The van der Waals surface area contributed by atoms with Crippen molar-refractivity contribution < 1.29 is 39.8 Å². The Morgan fingerprint density at radius 2 is 0.894 bits per heavy atom. The summed E-state index contributed by atoms with van der Waals surface area (Å²) in [5, 5.41) is 54.1. The van der Waals surface area contributed by atoms with Crippen molar-refractivity contribution in [3.05, 3.63) is 36.5 Å². The van der Waals surface area contributed by atoms with Crippen LogP contribution in [0.3, 0.4) is 0 Å². The van der Waals surface area contributed by atoms with Crippen LogP contribution >= 0.6 is 0 Å². The molecule has 7 atom stereocenters. The highest BCUT2D eigenvalue weighted by Gasteiger charge is 2.44. The second-order valence-electron chi connectivity index (χ2n) is 19.7. The van der Waals surface area contributed by atoms with E-state index in [4.69, 9.17) is 9.47 Å². The number of carbonyl (C=O) groups is 1. The van der Waals surface area contributed by atoms with Crippen LogP contribution in [0.4, 0.5) is 0 Å². The molecule has 0 bridgehead atoms. The van der Waals surface area contributed by atoms with E-state index in [1.807, 2.05) is 0 Å². The maximum absolute atomic E-state index is 12.9. The van der Waals surface area contributed by atoms with Crippen LogP contribution in [-0.2, 0) is 14.3 Å². The first-order valence-electron chi connectivity index (χ1n) is 28.2. The van der Waals surface area contributed by atoms with Crippen LogP contribution in [0.15, 0.2) is 36.5 Å². The minimum absolute atomic E-state index is 0.137. The number of amides is 1. The van der Waals surface area contributed by atoms with E-state index in [9.17, 15) is 30.3 Å². The zero-order valence-electron chi connectivity index (χ0n) is 43.0. The molecule has 9 nitrogen and oxygen atoms in total. The summed E-state index contributed by atoms with van der Waals surface area (Å²) < 4.78 is 11.2. The van der Waals surface area contributed by atoms with Crippen LogP contribution in [0.5, 0.6) is 0 Å². The molecular weight excluding hydrogens is 827 g/mol. The van der Waals surface area contributed by atoms with Gasteiger partial charge in [0.1, 0.15) is 24.4 Å². The maximum atomic E-state index is 12.9. The summed E-state index contributed by atoms with van der Waals surface area (Å²) in [5.74, 6) is -0.146. The normalized spacial score (nSPS) is 20.0. The summed E-state index contributed by atoms with van der Waals surface area (Å²) in [5.41, 5.74) is 0. The number of ether oxygens (including phenoxy) is 2. The van der Waals surface area contributed by atoms with E-state index in [1.54, 1.807) is 0 Å². The lowest BCUT2D eigenvalue weighted by molar-refractivity contribution is -0.302. The Labute approximate surface area is 406 Å². The maximum Gasteiger partial charge on any atom is 0.220 e. The summed E-state index contributed by atoms with van der Waals surface area (Å²) in [6, 6.07) is -0.713. The van der Waals surface area contributed by atoms with Gasteiger partial charge in [-0.1, -0.05) is 243 Å². The number of unbranched alkanes of at least 4 members (excludes halogenated alkanes) is 32. The smallest absolute Gasteiger partial charge is 0.220 e. The van der Waals surface area contributed by atoms with Crippen LogP contribution in [0.25, 0.3) is 0 Å². The average Bonchev–Trinajstić information content (AvgIpc) is 3.32. The van der Waals surface area contributed by atoms with Crippen molar-refractivity contribution in [1.82, 2.24) is 5.32 Å². The monoisotopic (exact) mass is 934 g/mol. The summed E-state index contributed by atoms with van der Waals surface area (Å²) in [4.78, 5) is 12.9. The molecule has 1 saturated heterocycles. The molecule has 7 unspecified atom stereocenters. The van der Waals surface area contributed by atoms with Crippen molar-refractivity contribution in [2.24, 2.45) is 0 Å². The Balaban J connectivity index is 1.97. The highest BCUT2D eigenvalue weighted by molar-refractivity contribution is 5.76. The van der Waals surface area contributed by atoms with Crippen LogP contribution in [0, 0.1) is 0 Å². The summed E-state index contributed by atoms with van der Waals surface area (Å²) in [6.45, 7) is 3.76. The number of nitrogens with one attached hydrogen (secondary N) is 1.